The van der Waals surface area contributed by atoms with Crippen molar-refractivity contribution in [2.45, 2.75) is 25.3 Å². The summed E-state index contributed by atoms with van der Waals surface area (Å²) in [7, 11) is 0. The molecule has 0 heterocycles. The maximum atomic E-state index is 13.6. The van der Waals surface area contributed by atoms with E-state index in [0.717, 1.165) is 12.8 Å². The lowest BCUT2D eigenvalue weighted by Crippen LogP contribution is -2.37. The molecule has 2 rings (SSSR count). The third-order valence-electron chi connectivity index (χ3n) is 3.14. The van der Waals surface area contributed by atoms with Crippen LogP contribution in [0, 0.1) is 11.7 Å². The van der Waals surface area contributed by atoms with Crippen LogP contribution in [-0.2, 0) is 0 Å². The number of aliphatic hydroxyl groups excluding tert-OH is 1. The number of benzene rings is 1. The highest BCUT2D eigenvalue weighted by Gasteiger charge is 2.32. The van der Waals surface area contributed by atoms with E-state index in [-0.39, 0.29) is 18.2 Å². The zero-order valence-corrected chi connectivity index (χ0v) is 11.4. The van der Waals surface area contributed by atoms with Crippen LogP contribution in [0.15, 0.2) is 22.7 Å². The highest BCUT2D eigenvalue weighted by atomic mass is 79.9. The fourth-order valence-electron chi connectivity index (χ4n) is 2.02. The number of halogens is 2. The van der Waals surface area contributed by atoms with Gasteiger partial charge in [-0.3, -0.25) is 4.79 Å². The van der Waals surface area contributed by atoms with Crippen LogP contribution in [0.1, 0.15) is 29.6 Å². The lowest BCUT2D eigenvalue weighted by molar-refractivity contribution is 0.0919. The number of rotatable bonds is 5. The van der Waals surface area contributed by atoms with Gasteiger partial charge in [0.2, 0.25) is 0 Å². The van der Waals surface area contributed by atoms with E-state index >= 15 is 0 Å². The Bertz CT molecular complexity index is 428. The first kappa shape index (κ1) is 13.5. The van der Waals surface area contributed by atoms with Crippen LogP contribution in [0.25, 0.3) is 0 Å². The number of aliphatic hydroxyl groups is 1. The van der Waals surface area contributed by atoms with E-state index in [1.54, 1.807) is 12.1 Å². The van der Waals surface area contributed by atoms with Crippen molar-refractivity contribution in [2.75, 3.05) is 6.61 Å². The summed E-state index contributed by atoms with van der Waals surface area (Å²) in [5.41, 5.74) is 0.0288. The lowest BCUT2D eigenvalue weighted by Gasteiger charge is -2.17. The molecule has 1 aliphatic rings. The maximum absolute atomic E-state index is 13.6. The fraction of sp³-hybridized carbons (Fsp3) is 0.462. The van der Waals surface area contributed by atoms with Gasteiger partial charge in [0.1, 0.15) is 5.82 Å². The average Bonchev–Trinajstić information content (AvgIpc) is 3.12. The summed E-state index contributed by atoms with van der Waals surface area (Å²) in [6.45, 7) is 0.0277. The predicted molar refractivity (Wildman–Crippen MR) is 69.8 cm³/mol. The van der Waals surface area contributed by atoms with Crippen molar-refractivity contribution in [1.82, 2.24) is 5.32 Å². The van der Waals surface area contributed by atoms with E-state index in [4.69, 9.17) is 5.11 Å². The topological polar surface area (TPSA) is 49.3 Å². The monoisotopic (exact) mass is 315 g/mol. The Hall–Kier alpha value is -0.940. The SMILES string of the molecule is O=C(NC(CCO)C1CC1)c1c(F)cccc1Br. The molecular weight excluding hydrogens is 301 g/mol. The molecule has 0 bridgehead atoms. The van der Waals surface area contributed by atoms with Crippen LogP contribution >= 0.6 is 15.9 Å². The van der Waals surface area contributed by atoms with Gasteiger partial charge in [-0.1, -0.05) is 6.07 Å². The van der Waals surface area contributed by atoms with Crippen LogP contribution in [0.3, 0.4) is 0 Å². The molecule has 0 radical (unpaired) electrons. The molecule has 1 amide bonds. The molecule has 1 aromatic carbocycles. The molecule has 1 aliphatic carbocycles. The van der Waals surface area contributed by atoms with Gasteiger partial charge in [-0.15, -0.1) is 0 Å². The van der Waals surface area contributed by atoms with Gasteiger partial charge < -0.3 is 10.4 Å². The zero-order valence-electron chi connectivity index (χ0n) is 9.83. The van der Waals surface area contributed by atoms with Crippen molar-refractivity contribution in [2.24, 2.45) is 5.92 Å². The van der Waals surface area contributed by atoms with Gasteiger partial charge in [-0.25, -0.2) is 4.39 Å². The van der Waals surface area contributed by atoms with Crippen LogP contribution in [0.5, 0.6) is 0 Å². The summed E-state index contributed by atoms with van der Waals surface area (Å²) in [6.07, 6.45) is 2.63. The normalized spacial score (nSPS) is 16.4. The summed E-state index contributed by atoms with van der Waals surface area (Å²) in [4.78, 5) is 12.0. The highest BCUT2D eigenvalue weighted by Crippen LogP contribution is 2.34. The van der Waals surface area contributed by atoms with E-state index in [1.807, 2.05) is 0 Å². The third kappa shape index (κ3) is 3.09. The van der Waals surface area contributed by atoms with Crippen molar-refractivity contribution in [3.05, 3.63) is 34.1 Å². The minimum Gasteiger partial charge on any atom is -0.396 e. The number of amides is 1. The molecule has 18 heavy (non-hydrogen) atoms. The standard InChI is InChI=1S/C13H15BrFNO2/c14-9-2-1-3-10(15)12(9)13(18)16-11(6-7-17)8-4-5-8/h1-3,8,11,17H,4-7H2,(H,16,18). The Morgan fingerprint density at radius 3 is 2.83 bits per heavy atom. The Morgan fingerprint density at radius 1 is 1.56 bits per heavy atom. The number of hydrogen-bond donors (Lipinski definition) is 2. The maximum Gasteiger partial charge on any atom is 0.255 e. The summed E-state index contributed by atoms with van der Waals surface area (Å²) in [6, 6.07) is 4.38. The van der Waals surface area contributed by atoms with Gasteiger partial charge >= 0.3 is 0 Å². The molecule has 1 unspecified atom stereocenters. The van der Waals surface area contributed by atoms with Gasteiger partial charge in [0, 0.05) is 17.1 Å². The largest absolute Gasteiger partial charge is 0.396 e. The Labute approximate surface area is 114 Å². The summed E-state index contributed by atoms with van der Waals surface area (Å²) >= 11 is 3.18. The molecule has 2 N–H and O–H groups in total. The van der Waals surface area contributed by atoms with Gasteiger partial charge in [0.15, 0.2) is 0 Å². The first-order chi connectivity index (χ1) is 8.63. The second kappa shape index (κ2) is 5.80. The zero-order chi connectivity index (χ0) is 13.1. The number of carbonyl (C=O) groups is 1. The molecule has 1 aromatic rings. The fourth-order valence-corrected chi connectivity index (χ4v) is 2.54. The van der Waals surface area contributed by atoms with Crippen molar-refractivity contribution >= 4 is 21.8 Å². The molecule has 0 saturated heterocycles. The second-order valence-electron chi connectivity index (χ2n) is 4.53. The van der Waals surface area contributed by atoms with Crippen LogP contribution in [0.2, 0.25) is 0 Å². The van der Waals surface area contributed by atoms with Crippen LogP contribution in [-0.4, -0.2) is 23.7 Å². The van der Waals surface area contributed by atoms with Crippen LogP contribution in [0.4, 0.5) is 4.39 Å². The summed E-state index contributed by atoms with van der Waals surface area (Å²) in [5, 5.41) is 11.8. The quantitative estimate of drug-likeness (QED) is 0.877. The van der Waals surface area contributed by atoms with Crippen molar-refractivity contribution in [3.63, 3.8) is 0 Å². The van der Waals surface area contributed by atoms with E-state index in [0.29, 0.717) is 16.8 Å². The number of carbonyl (C=O) groups excluding carboxylic acids is 1. The molecule has 1 saturated carbocycles. The summed E-state index contributed by atoms with van der Waals surface area (Å²) in [5.74, 6) is -0.544. The Morgan fingerprint density at radius 2 is 2.28 bits per heavy atom. The molecule has 98 valence electrons. The molecular formula is C13H15BrFNO2. The molecule has 0 aromatic heterocycles. The third-order valence-corrected chi connectivity index (χ3v) is 3.80. The molecule has 1 atom stereocenters. The van der Waals surface area contributed by atoms with Crippen molar-refractivity contribution in [1.29, 1.82) is 0 Å². The van der Waals surface area contributed by atoms with E-state index in [1.165, 1.54) is 6.07 Å². The summed E-state index contributed by atoms with van der Waals surface area (Å²) < 4.78 is 14.1. The molecule has 5 heteroatoms. The predicted octanol–water partition coefficient (Wildman–Crippen LogP) is 2.48. The molecule has 0 aliphatic heterocycles. The first-order valence-electron chi connectivity index (χ1n) is 5.99. The molecule has 3 nitrogen and oxygen atoms in total. The van der Waals surface area contributed by atoms with E-state index in [2.05, 4.69) is 21.2 Å². The molecule has 1 fully saturated rings. The first-order valence-corrected chi connectivity index (χ1v) is 6.78. The van der Waals surface area contributed by atoms with Gasteiger partial charge in [-0.2, -0.15) is 0 Å². The van der Waals surface area contributed by atoms with Gasteiger partial charge in [-0.05, 0) is 53.2 Å². The van der Waals surface area contributed by atoms with Crippen molar-refractivity contribution < 1.29 is 14.3 Å². The Kier molecular flexibility index (Phi) is 4.35. The van der Waals surface area contributed by atoms with E-state index in [9.17, 15) is 9.18 Å². The second-order valence-corrected chi connectivity index (χ2v) is 5.38. The number of hydrogen-bond acceptors (Lipinski definition) is 2. The minimum absolute atomic E-state index is 0.0277. The van der Waals surface area contributed by atoms with Crippen LogP contribution < -0.4 is 5.32 Å². The van der Waals surface area contributed by atoms with Gasteiger partial charge in [0.25, 0.3) is 5.91 Å². The minimum atomic E-state index is -0.541. The van der Waals surface area contributed by atoms with Gasteiger partial charge in [0.05, 0.1) is 5.56 Å². The lowest BCUT2D eigenvalue weighted by atomic mass is 10.1. The average molecular weight is 316 g/mol. The highest BCUT2D eigenvalue weighted by molar-refractivity contribution is 9.10. The number of nitrogens with one attached hydrogen (secondary N) is 1. The smallest absolute Gasteiger partial charge is 0.255 e. The van der Waals surface area contributed by atoms with Crippen molar-refractivity contribution in [3.8, 4) is 0 Å². The Balaban J connectivity index is 2.10. The van der Waals surface area contributed by atoms with E-state index < -0.39 is 11.7 Å². The molecule has 0 spiro atoms.